The molecule has 0 aliphatic heterocycles. The molecule has 0 aliphatic rings. The third kappa shape index (κ3) is 6.61. The highest BCUT2D eigenvalue weighted by atomic mass is 14.3. The van der Waals surface area contributed by atoms with Gasteiger partial charge in [-0.3, -0.25) is 0 Å². The van der Waals surface area contributed by atoms with Crippen molar-refractivity contribution in [3.8, 4) is 66.8 Å². The van der Waals surface area contributed by atoms with E-state index in [4.69, 9.17) is 0 Å². The minimum atomic E-state index is 1.19. The van der Waals surface area contributed by atoms with Crippen molar-refractivity contribution in [2.24, 2.45) is 0 Å². The first-order chi connectivity index (χ1) is 34.7. The van der Waals surface area contributed by atoms with E-state index >= 15 is 0 Å². The van der Waals surface area contributed by atoms with Crippen LogP contribution in [-0.2, 0) is 0 Å². The fourth-order valence-corrected chi connectivity index (χ4v) is 11.4. The molecular formula is C70H44. The monoisotopic (exact) mass is 884 g/mol. The van der Waals surface area contributed by atoms with Gasteiger partial charge in [-0.25, -0.2) is 0 Å². The van der Waals surface area contributed by atoms with E-state index in [1.165, 1.54) is 142 Å². The molecule has 0 aliphatic carbocycles. The van der Waals surface area contributed by atoms with E-state index in [2.05, 4.69) is 267 Å². The van der Waals surface area contributed by atoms with Gasteiger partial charge in [0.2, 0.25) is 0 Å². The molecule has 0 heteroatoms. The Kier molecular flexibility index (Phi) is 9.32. The molecule has 0 atom stereocenters. The zero-order valence-electron chi connectivity index (χ0n) is 38.4. The van der Waals surface area contributed by atoms with Crippen molar-refractivity contribution in [3.63, 3.8) is 0 Å². The second-order valence-corrected chi connectivity index (χ2v) is 18.7. The van der Waals surface area contributed by atoms with E-state index in [9.17, 15) is 0 Å². The molecule has 0 saturated carbocycles. The number of hydrogen-bond donors (Lipinski definition) is 0. The Bertz CT molecular complexity index is 4400. The zero-order valence-corrected chi connectivity index (χ0v) is 38.4. The summed E-state index contributed by atoms with van der Waals surface area (Å²) in [5.74, 6) is 0. The second-order valence-electron chi connectivity index (χ2n) is 18.7. The van der Waals surface area contributed by atoms with Crippen molar-refractivity contribution in [3.05, 3.63) is 267 Å². The molecule has 0 radical (unpaired) electrons. The summed E-state index contributed by atoms with van der Waals surface area (Å²) in [6, 6.07) is 99.4. The minimum Gasteiger partial charge on any atom is -0.0622 e. The van der Waals surface area contributed by atoms with Crippen LogP contribution in [0.25, 0.3) is 142 Å². The van der Waals surface area contributed by atoms with Gasteiger partial charge in [-0.2, -0.15) is 0 Å². The Morgan fingerprint density at radius 1 is 0.143 bits per heavy atom. The van der Waals surface area contributed by atoms with Crippen molar-refractivity contribution in [1.29, 1.82) is 0 Å². The van der Waals surface area contributed by atoms with Crippen LogP contribution in [0.3, 0.4) is 0 Å². The number of fused-ring (bicyclic) bond motifs is 9. The molecule has 0 N–H and O–H groups in total. The van der Waals surface area contributed by atoms with Crippen LogP contribution < -0.4 is 0 Å². The molecule has 0 fully saturated rings. The molecule has 70 heavy (non-hydrogen) atoms. The van der Waals surface area contributed by atoms with Crippen molar-refractivity contribution in [1.82, 2.24) is 0 Å². The van der Waals surface area contributed by atoms with Crippen molar-refractivity contribution < 1.29 is 0 Å². The van der Waals surface area contributed by atoms with Gasteiger partial charge in [0.25, 0.3) is 0 Å². The SMILES string of the molecule is c1ccc(-c2cc3ccccc3cc2-c2ccc3c(c2)c(-c2ccc4ccccc4c2)c(-c2ccc4ccccc4c2)c2cc(-c4ccccc4-c4cc5ccccc5c5ccccc45)ccc23)cc1. The zero-order chi connectivity index (χ0) is 46.1. The van der Waals surface area contributed by atoms with Crippen LogP contribution in [0, 0.1) is 0 Å². The molecule has 14 aromatic rings. The largest absolute Gasteiger partial charge is 0.0622 e. The molecule has 0 amide bonds. The third-order valence-corrected chi connectivity index (χ3v) is 14.8. The van der Waals surface area contributed by atoms with E-state index < -0.39 is 0 Å². The number of rotatable bonds is 6. The average molecular weight is 885 g/mol. The lowest BCUT2D eigenvalue weighted by Gasteiger charge is -2.22. The highest BCUT2D eigenvalue weighted by Gasteiger charge is 2.22. The summed E-state index contributed by atoms with van der Waals surface area (Å²) < 4.78 is 0. The van der Waals surface area contributed by atoms with Crippen LogP contribution in [0.2, 0.25) is 0 Å². The van der Waals surface area contributed by atoms with Crippen LogP contribution in [0.4, 0.5) is 0 Å². The van der Waals surface area contributed by atoms with E-state index in [0.717, 1.165) is 0 Å². The van der Waals surface area contributed by atoms with Gasteiger partial charge in [-0.05, 0) is 185 Å². The first-order valence-corrected chi connectivity index (χ1v) is 24.3. The van der Waals surface area contributed by atoms with Crippen molar-refractivity contribution in [2.45, 2.75) is 0 Å². The highest BCUT2D eigenvalue weighted by Crippen LogP contribution is 2.49. The quantitative estimate of drug-likeness (QED) is 0.146. The average Bonchev–Trinajstić information content (AvgIpc) is 3.44. The Morgan fingerprint density at radius 2 is 0.529 bits per heavy atom. The van der Waals surface area contributed by atoms with Gasteiger partial charge in [-0.1, -0.05) is 224 Å². The minimum absolute atomic E-state index is 1.19. The Labute approximate surface area is 407 Å². The normalized spacial score (nSPS) is 11.7. The summed E-state index contributed by atoms with van der Waals surface area (Å²) in [7, 11) is 0. The fourth-order valence-electron chi connectivity index (χ4n) is 11.4. The van der Waals surface area contributed by atoms with Crippen molar-refractivity contribution in [2.75, 3.05) is 0 Å². The summed E-state index contributed by atoms with van der Waals surface area (Å²) in [6.07, 6.45) is 0. The lowest BCUT2D eigenvalue weighted by atomic mass is 9.81. The molecule has 0 heterocycles. The Morgan fingerprint density at radius 3 is 1.11 bits per heavy atom. The molecule has 0 spiro atoms. The molecular weight excluding hydrogens is 841 g/mol. The molecule has 0 unspecified atom stereocenters. The van der Waals surface area contributed by atoms with E-state index in [1.54, 1.807) is 0 Å². The Balaban J connectivity index is 1.09. The van der Waals surface area contributed by atoms with Gasteiger partial charge in [0, 0.05) is 0 Å². The predicted molar refractivity (Wildman–Crippen MR) is 302 cm³/mol. The van der Waals surface area contributed by atoms with Crippen LogP contribution in [-0.4, -0.2) is 0 Å². The van der Waals surface area contributed by atoms with E-state index in [1.807, 2.05) is 0 Å². The number of hydrogen-bond acceptors (Lipinski definition) is 0. The maximum Gasteiger partial charge on any atom is -0.00199 e. The standard InChI is InChI=1S/C70H44/c1-2-18-47(19-3-1)64-40-50-22-8-9-23-51(50)41-65(64)54-35-37-63-62-36-34-53(58-26-12-13-28-60(58)66-42-52-24-10-11-25-57(52)59-27-14-15-29-61(59)66)43-67(62)69(55-32-30-45-16-4-6-20-48(45)38-55)70(68(63)44-54)56-33-31-46-17-5-7-21-49(46)39-56/h1-44H. The van der Waals surface area contributed by atoms with Crippen LogP contribution in [0.5, 0.6) is 0 Å². The topological polar surface area (TPSA) is 0 Å². The lowest BCUT2D eigenvalue weighted by Crippen LogP contribution is -1.95. The first kappa shape index (κ1) is 40.0. The van der Waals surface area contributed by atoms with Crippen LogP contribution in [0.15, 0.2) is 267 Å². The summed E-state index contributed by atoms with van der Waals surface area (Å²) in [5, 5.41) is 17.3. The molecule has 0 nitrogen and oxygen atoms in total. The Hall–Kier alpha value is -9.10. The maximum atomic E-state index is 2.48. The van der Waals surface area contributed by atoms with Crippen LogP contribution in [0.1, 0.15) is 0 Å². The van der Waals surface area contributed by atoms with Crippen LogP contribution >= 0.6 is 0 Å². The smallest absolute Gasteiger partial charge is 0.00199 e. The first-order valence-electron chi connectivity index (χ1n) is 24.3. The second kappa shape index (κ2) is 16.3. The molecule has 0 saturated heterocycles. The van der Waals surface area contributed by atoms with E-state index in [0.29, 0.717) is 0 Å². The molecule has 14 rings (SSSR count). The molecule has 324 valence electrons. The van der Waals surface area contributed by atoms with Gasteiger partial charge < -0.3 is 0 Å². The molecule has 14 aromatic carbocycles. The summed E-state index contributed by atoms with van der Waals surface area (Å²) in [5.41, 5.74) is 14.6. The summed E-state index contributed by atoms with van der Waals surface area (Å²) >= 11 is 0. The van der Waals surface area contributed by atoms with Gasteiger partial charge >= 0.3 is 0 Å². The fraction of sp³-hybridized carbons (Fsp3) is 0. The van der Waals surface area contributed by atoms with Gasteiger partial charge in [-0.15, -0.1) is 0 Å². The molecule has 0 bridgehead atoms. The predicted octanol–water partition coefficient (Wildman–Crippen LogP) is 19.8. The lowest BCUT2D eigenvalue weighted by molar-refractivity contribution is 1.61. The number of benzene rings is 14. The van der Waals surface area contributed by atoms with Gasteiger partial charge in [0.1, 0.15) is 0 Å². The highest BCUT2D eigenvalue weighted by molar-refractivity contribution is 6.24. The van der Waals surface area contributed by atoms with Gasteiger partial charge in [0.05, 0.1) is 0 Å². The van der Waals surface area contributed by atoms with Crippen molar-refractivity contribution >= 4 is 75.4 Å². The maximum absolute atomic E-state index is 2.48. The summed E-state index contributed by atoms with van der Waals surface area (Å²) in [6.45, 7) is 0. The van der Waals surface area contributed by atoms with Gasteiger partial charge in [0.15, 0.2) is 0 Å². The molecule has 0 aromatic heterocycles. The summed E-state index contributed by atoms with van der Waals surface area (Å²) in [4.78, 5) is 0. The third-order valence-electron chi connectivity index (χ3n) is 14.8. The van der Waals surface area contributed by atoms with E-state index in [-0.39, 0.29) is 0 Å².